The number of hydrogen-bond donors (Lipinski definition) is 0. The topological polar surface area (TPSA) is 25.8 Å². The Bertz CT molecular complexity index is 1430. The van der Waals surface area contributed by atoms with Crippen LogP contribution >= 0.6 is 0 Å². The summed E-state index contributed by atoms with van der Waals surface area (Å²) in [7, 11) is 0. The fourth-order valence-electron chi connectivity index (χ4n) is 4.86. The maximum absolute atomic E-state index is 5.17. The zero-order chi connectivity index (χ0) is 21.0. The first-order valence-corrected chi connectivity index (χ1v) is 10.7. The molecule has 0 bridgehead atoms. The number of nitrogens with zero attached hydrogens (tertiary/aromatic N) is 2. The average Bonchev–Trinajstić information content (AvgIpc) is 3.07. The van der Waals surface area contributed by atoms with Crippen molar-refractivity contribution in [3.05, 3.63) is 108 Å². The third-order valence-electron chi connectivity index (χ3n) is 6.43. The van der Waals surface area contributed by atoms with Gasteiger partial charge in [0.05, 0.1) is 11.4 Å². The van der Waals surface area contributed by atoms with E-state index in [1.165, 1.54) is 27.5 Å². The molecule has 2 nitrogen and oxygen atoms in total. The van der Waals surface area contributed by atoms with Crippen molar-refractivity contribution < 1.29 is 0 Å². The lowest BCUT2D eigenvalue weighted by Crippen LogP contribution is -2.17. The number of rotatable bonds is 2. The highest BCUT2D eigenvalue weighted by Gasteiger charge is 2.40. The molecule has 148 valence electrons. The zero-order valence-electron chi connectivity index (χ0n) is 17.6. The van der Waals surface area contributed by atoms with Gasteiger partial charge in [-0.1, -0.05) is 111 Å². The molecule has 5 aromatic rings. The van der Waals surface area contributed by atoms with Crippen LogP contribution in [0, 0.1) is 0 Å². The molecule has 0 spiro atoms. The van der Waals surface area contributed by atoms with Crippen LogP contribution in [0.2, 0.25) is 0 Å². The molecule has 0 unspecified atom stereocenters. The summed E-state index contributed by atoms with van der Waals surface area (Å²) in [6.45, 7) is 4.56. The normalized spacial score (nSPS) is 13.7. The molecule has 1 aliphatic carbocycles. The van der Waals surface area contributed by atoms with E-state index in [-0.39, 0.29) is 5.41 Å². The minimum absolute atomic E-state index is 0.204. The van der Waals surface area contributed by atoms with Crippen molar-refractivity contribution in [2.75, 3.05) is 0 Å². The summed E-state index contributed by atoms with van der Waals surface area (Å²) in [6, 6.07) is 33.9. The van der Waals surface area contributed by atoms with Gasteiger partial charge < -0.3 is 0 Å². The fourth-order valence-corrected chi connectivity index (χ4v) is 4.86. The second-order valence-electron chi connectivity index (χ2n) is 8.69. The smallest absolute Gasteiger partial charge is 0.160 e. The van der Waals surface area contributed by atoms with E-state index in [0.717, 1.165) is 28.3 Å². The molecule has 31 heavy (non-hydrogen) atoms. The molecule has 0 saturated heterocycles. The lowest BCUT2D eigenvalue weighted by molar-refractivity contribution is 0.636. The standard InChI is InChI=1S/C29H22N2/c1-29(2)23-18-17-19-11-9-10-16-22(19)24(23)25-26(20-12-5-3-6-13-20)30-28(31-27(25)29)21-14-7-4-8-15-21/h3-18H,1-2H3. The minimum Gasteiger partial charge on any atom is -0.231 e. The summed E-state index contributed by atoms with van der Waals surface area (Å²) in [4.78, 5) is 10.3. The molecule has 4 aromatic carbocycles. The zero-order valence-corrected chi connectivity index (χ0v) is 17.6. The van der Waals surface area contributed by atoms with E-state index in [1.54, 1.807) is 0 Å². The molecule has 0 aliphatic heterocycles. The Morgan fingerprint density at radius 3 is 1.97 bits per heavy atom. The summed E-state index contributed by atoms with van der Waals surface area (Å²) in [5.74, 6) is 0.781. The summed E-state index contributed by atoms with van der Waals surface area (Å²) in [5, 5.41) is 2.51. The molecule has 0 fully saturated rings. The van der Waals surface area contributed by atoms with Crippen LogP contribution in [0.5, 0.6) is 0 Å². The van der Waals surface area contributed by atoms with E-state index < -0.39 is 0 Å². The number of fused-ring (bicyclic) bond motifs is 5. The van der Waals surface area contributed by atoms with Crippen LogP contribution in [0.4, 0.5) is 0 Å². The molecule has 0 radical (unpaired) electrons. The molecule has 6 rings (SSSR count). The van der Waals surface area contributed by atoms with E-state index in [2.05, 4.69) is 92.7 Å². The van der Waals surface area contributed by atoms with Gasteiger partial charge in [0.2, 0.25) is 0 Å². The molecule has 0 N–H and O–H groups in total. The van der Waals surface area contributed by atoms with E-state index in [9.17, 15) is 0 Å². The predicted molar refractivity (Wildman–Crippen MR) is 128 cm³/mol. The highest BCUT2D eigenvalue weighted by molar-refractivity contribution is 6.05. The first-order chi connectivity index (χ1) is 15.1. The highest BCUT2D eigenvalue weighted by atomic mass is 14.9. The maximum Gasteiger partial charge on any atom is 0.160 e. The van der Waals surface area contributed by atoms with Crippen molar-refractivity contribution in [1.82, 2.24) is 9.97 Å². The number of hydrogen-bond acceptors (Lipinski definition) is 2. The van der Waals surface area contributed by atoms with Crippen molar-refractivity contribution in [3.8, 4) is 33.8 Å². The average molecular weight is 399 g/mol. The molecule has 2 heteroatoms. The Morgan fingerprint density at radius 2 is 1.23 bits per heavy atom. The third-order valence-corrected chi connectivity index (χ3v) is 6.43. The first-order valence-electron chi connectivity index (χ1n) is 10.7. The Balaban J connectivity index is 1.76. The van der Waals surface area contributed by atoms with E-state index in [0.29, 0.717) is 0 Å². The van der Waals surface area contributed by atoms with Gasteiger partial charge in [0.15, 0.2) is 5.82 Å². The third kappa shape index (κ3) is 2.65. The molecule has 0 atom stereocenters. The number of benzene rings is 4. The van der Waals surface area contributed by atoms with Gasteiger partial charge in [-0.25, -0.2) is 9.97 Å². The van der Waals surface area contributed by atoms with Crippen LogP contribution in [0.1, 0.15) is 25.1 Å². The van der Waals surface area contributed by atoms with Gasteiger partial charge in [0.25, 0.3) is 0 Å². The summed E-state index contributed by atoms with van der Waals surface area (Å²) in [5.41, 5.74) is 7.83. The van der Waals surface area contributed by atoms with Gasteiger partial charge in [-0.3, -0.25) is 0 Å². The Labute approximate surface area is 182 Å². The van der Waals surface area contributed by atoms with Crippen LogP contribution in [-0.2, 0) is 5.41 Å². The van der Waals surface area contributed by atoms with Gasteiger partial charge in [-0.05, 0) is 21.9 Å². The highest BCUT2D eigenvalue weighted by Crippen LogP contribution is 2.53. The second kappa shape index (κ2) is 6.61. The minimum atomic E-state index is -0.204. The summed E-state index contributed by atoms with van der Waals surface area (Å²) >= 11 is 0. The first kappa shape index (κ1) is 18.0. The Kier molecular flexibility index (Phi) is 3.85. The molecule has 0 amide bonds. The molecule has 1 aromatic heterocycles. The van der Waals surface area contributed by atoms with Crippen molar-refractivity contribution in [2.45, 2.75) is 19.3 Å². The summed E-state index contributed by atoms with van der Waals surface area (Å²) in [6.07, 6.45) is 0. The summed E-state index contributed by atoms with van der Waals surface area (Å²) < 4.78 is 0. The van der Waals surface area contributed by atoms with Crippen LogP contribution in [0.3, 0.4) is 0 Å². The van der Waals surface area contributed by atoms with Crippen LogP contribution in [0.25, 0.3) is 44.5 Å². The second-order valence-corrected chi connectivity index (χ2v) is 8.69. The largest absolute Gasteiger partial charge is 0.231 e. The van der Waals surface area contributed by atoms with Crippen LogP contribution in [-0.4, -0.2) is 9.97 Å². The van der Waals surface area contributed by atoms with Gasteiger partial charge in [-0.2, -0.15) is 0 Å². The predicted octanol–water partition coefficient (Wildman–Crippen LogP) is 7.27. The quantitative estimate of drug-likeness (QED) is 0.312. The van der Waals surface area contributed by atoms with E-state index in [4.69, 9.17) is 9.97 Å². The maximum atomic E-state index is 5.17. The molecule has 1 aliphatic rings. The molecular weight excluding hydrogens is 376 g/mol. The fraction of sp³-hybridized carbons (Fsp3) is 0.103. The monoisotopic (exact) mass is 398 g/mol. The van der Waals surface area contributed by atoms with Gasteiger partial charge in [0.1, 0.15) is 0 Å². The van der Waals surface area contributed by atoms with Crippen molar-refractivity contribution in [3.63, 3.8) is 0 Å². The van der Waals surface area contributed by atoms with Crippen LogP contribution < -0.4 is 0 Å². The van der Waals surface area contributed by atoms with E-state index in [1.807, 2.05) is 18.2 Å². The Hall–Kier alpha value is -3.78. The molecular formula is C29H22N2. The Morgan fingerprint density at radius 1 is 0.581 bits per heavy atom. The van der Waals surface area contributed by atoms with Crippen LogP contribution in [0.15, 0.2) is 97.1 Å². The molecule has 1 heterocycles. The van der Waals surface area contributed by atoms with Gasteiger partial charge >= 0.3 is 0 Å². The van der Waals surface area contributed by atoms with Crippen molar-refractivity contribution in [1.29, 1.82) is 0 Å². The van der Waals surface area contributed by atoms with Gasteiger partial charge in [-0.15, -0.1) is 0 Å². The molecule has 0 saturated carbocycles. The number of aromatic nitrogens is 2. The van der Waals surface area contributed by atoms with Gasteiger partial charge in [0, 0.05) is 22.1 Å². The lowest BCUT2D eigenvalue weighted by Gasteiger charge is -2.21. The van der Waals surface area contributed by atoms with E-state index >= 15 is 0 Å². The SMILES string of the molecule is CC1(C)c2ccc3ccccc3c2-c2c(-c3ccccc3)nc(-c3ccccc3)nc21. The van der Waals surface area contributed by atoms with Crippen molar-refractivity contribution >= 4 is 10.8 Å². The van der Waals surface area contributed by atoms with Crippen molar-refractivity contribution in [2.24, 2.45) is 0 Å². The lowest BCUT2D eigenvalue weighted by atomic mass is 9.84.